The minimum atomic E-state index is -0.115. The van der Waals surface area contributed by atoms with Crippen molar-refractivity contribution in [1.82, 2.24) is 10.3 Å². The Morgan fingerprint density at radius 2 is 2.00 bits per heavy atom. The number of aryl methyl sites for hydroxylation is 2. The molecule has 0 saturated heterocycles. The van der Waals surface area contributed by atoms with Gasteiger partial charge in [0.05, 0.1) is 0 Å². The lowest BCUT2D eigenvalue weighted by atomic mass is 10.0. The third kappa shape index (κ3) is 3.45. The number of carbonyl (C=O) groups excluding carboxylic acids is 1. The molecule has 0 aliphatic heterocycles. The SMILES string of the molecule is Cc1cc(C)c2cc(C(=O)NC(CCO)C(C)C)[nH]c2c1. The lowest BCUT2D eigenvalue weighted by Crippen LogP contribution is -2.39. The van der Waals surface area contributed by atoms with Crippen molar-refractivity contribution in [1.29, 1.82) is 0 Å². The number of nitrogens with one attached hydrogen (secondary N) is 2. The second kappa shape index (κ2) is 6.31. The van der Waals surface area contributed by atoms with Crippen molar-refractivity contribution in [2.24, 2.45) is 5.92 Å². The lowest BCUT2D eigenvalue weighted by Gasteiger charge is -2.21. The Hall–Kier alpha value is -1.81. The molecule has 0 aliphatic carbocycles. The number of carbonyl (C=O) groups is 1. The number of aromatic nitrogens is 1. The fourth-order valence-corrected chi connectivity index (χ4v) is 2.68. The normalized spacial score (nSPS) is 12.9. The van der Waals surface area contributed by atoms with Gasteiger partial charge in [-0.2, -0.15) is 0 Å². The van der Waals surface area contributed by atoms with E-state index in [1.807, 2.05) is 39.8 Å². The number of H-pyrrole nitrogens is 1. The van der Waals surface area contributed by atoms with Gasteiger partial charge in [0, 0.05) is 23.6 Å². The van der Waals surface area contributed by atoms with Crippen LogP contribution in [0.4, 0.5) is 0 Å². The molecule has 21 heavy (non-hydrogen) atoms. The molecule has 4 nitrogen and oxygen atoms in total. The van der Waals surface area contributed by atoms with Gasteiger partial charge in [0.1, 0.15) is 5.69 Å². The molecule has 0 spiro atoms. The van der Waals surface area contributed by atoms with Gasteiger partial charge in [0.15, 0.2) is 0 Å². The van der Waals surface area contributed by atoms with E-state index in [1.165, 1.54) is 5.56 Å². The Balaban J connectivity index is 2.25. The van der Waals surface area contributed by atoms with E-state index in [2.05, 4.69) is 16.4 Å². The number of hydrogen-bond donors (Lipinski definition) is 3. The van der Waals surface area contributed by atoms with Crippen molar-refractivity contribution >= 4 is 16.8 Å². The highest BCUT2D eigenvalue weighted by Gasteiger charge is 2.18. The second-order valence-electron chi connectivity index (χ2n) is 6.06. The Labute approximate surface area is 125 Å². The predicted octanol–water partition coefficient (Wildman–Crippen LogP) is 2.92. The largest absolute Gasteiger partial charge is 0.396 e. The molecule has 114 valence electrons. The molecule has 1 amide bonds. The molecule has 1 atom stereocenters. The molecule has 1 aromatic carbocycles. The Bertz CT molecular complexity index is 644. The number of amides is 1. The summed E-state index contributed by atoms with van der Waals surface area (Å²) in [5, 5.41) is 13.2. The van der Waals surface area contributed by atoms with E-state index in [1.54, 1.807) is 0 Å². The Kier molecular flexibility index (Phi) is 4.68. The molecular formula is C17H24N2O2. The van der Waals surface area contributed by atoms with Crippen molar-refractivity contribution in [2.45, 2.75) is 40.2 Å². The second-order valence-corrected chi connectivity index (χ2v) is 6.06. The molecular weight excluding hydrogens is 264 g/mol. The third-order valence-corrected chi connectivity index (χ3v) is 3.90. The van der Waals surface area contributed by atoms with Crippen molar-refractivity contribution in [3.05, 3.63) is 35.0 Å². The first-order valence-electron chi connectivity index (χ1n) is 7.44. The number of aromatic amines is 1. The molecule has 1 unspecified atom stereocenters. The number of fused-ring (bicyclic) bond motifs is 1. The average molecular weight is 288 g/mol. The molecule has 2 rings (SSSR count). The molecule has 0 aliphatic rings. The fourth-order valence-electron chi connectivity index (χ4n) is 2.68. The van der Waals surface area contributed by atoms with Crippen LogP contribution in [0.3, 0.4) is 0 Å². The van der Waals surface area contributed by atoms with Crippen LogP contribution in [0.2, 0.25) is 0 Å². The maximum absolute atomic E-state index is 12.4. The molecule has 4 heteroatoms. The minimum absolute atomic E-state index is 0.0169. The number of aliphatic hydroxyl groups excluding tert-OH is 1. The van der Waals surface area contributed by atoms with Gasteiger partial charge in [0.25, 0.3) is 5.91 Å². The van der Waals surface area contributed by atoms with Crippen LogP contribution in [0.15, 0.2) is 18.2 Å². The molecule has 1 aromatic heterocycles. The van der Waals surface area contributed by atoms with E-state index in [0.717, 1.165) is 16.5 Å². The molecule has 0 bridgehead atoms. The van der Waals surface area contributed by atoms with Crippen molar-refractivity contribution in [3.63, 3.8) is 0 Å². The zero-order valence-electron chi connectivity index (χ0n) is 13.2. The Morgan fingerprint density at radius 1 is 1.29 bits per heavy atom. The van der Waals surface area contributed by atoms with Gasteiger partial charge < -0.3 is 15.4 Å². The summed E-state index contributed by atoms with van der Waals surface area (Å²) in [6.07, 6.45) is 0.571. The summed E-state index contributed by atoms with van der Waals surface area (Å²) in [7, 11) is 0. The van der Waals surface area contributed by atoms with Crippen LogP contribution < -0.4 is 5.32 Å². The van der Waals surface area contributed by atoms with E-state index in [4.69, 9.17) is 5.11 Å². The van der Waals surface area contributed by atoms with Crippen LogP contribution in [0.1, 0.15) is 41.9 Å². The van der Waals surface area contributed by atoms with E-state index in [-0.39, 0.29) is 24.5 Å². The molecule has 1 heterocycles. The van der Waals surface area contributed by atoms with Crippen LogP contribution in [0.25, 0.3) is 10.9 Å². The third-order valence-electron chi connectivity index (χ3n) is 3.90. The molecule has 2 aromatic rings. The van der Waals surface area contributed by atoms with Gasteiger partial charge in [-0.15, -0.1) is 0 Å². The van der Waals surface area contributed by atoms with Gasteiger partial charge >= 0.3 is 0 Å². The summed E-state index contributed by atoms with van der Waals surface area (Å²) < 4.78 is 0. The van der Waals surface area contributed by atoms with Crippen LogP contribution in [-0.4, -0.2) is 28.6 Å². The summed E-state index contributed by atoms with van der Waals surface area (Å²) in [6, 6.07) is 6.04. The minimum Gasteiger partial charge on any atom is -0.396 e. The van der Waals surface area contributed by atoms with Gasteiger partial charge in [-0.1, -0.05) is 19.9 Å². The number of aliphatic hydroxyl groups is 1. The summed E-state index contributed by atoms with van der Waals surface area (Å²) >= 11 is 0. The van der Waals surface area contributed by atoms with Gasteiger partial charge in [-0.3, -0.25) is 4.79 Å². The molecule has 0 saturated carbocycles. The van der Waals surface area contributed by atoms with E-state index in [9.17, 15) is 4.79 Å². The molecule has 3 N–H and O–H groups in total. The summed E-state index contributed by atoms with van der Waals surface area (Å²) in [5.41, 5.74) is 3.90. The first-order valence-corrected chi connectivity index (χ1v) is 7.44. The first-order chi connectivity index (χ1) is 9.92. The van der Waals surface area contributed by atoms with Crippen LogP contribution >= 0.6 is 0 Å². The zero-order chi connectivity index (χ0) is 15.6. The highest BCUT2D eigenvalue weighted by Crippen LogP contribution is 2.21. The zero-order valence-corrected chi connectivity index (χ0v) is 13.2. The van der Waals surface area contributed by atoms with Gasteiger partial charge in [-0.05, 0) is 49.4 Å². The van der Waals surface area contributed by atoms with E-state index >= 15 is 0 Å². The predicted molar refractivity (Wildman–Crippen MR) is 85.6 cm³/mol. The standard InChI is InChI=1S/C17H24N2O2/c1-10(2)14(5-6-20)19-17(21)16-9-13-12(4)7-11(3)8-15(13)18-16/h7-10,14,18,20H,5-6H2,1-4H3,(H,19,21). The first kappa shape index (κ1) is 15.6. The van der Waals surface area contributed by atoms with Crippen LogP contribution in [-0.2, 0) is 0 Å². The van der Waals surface area contributed by atoms with Gasteiger partial charge in [0.2, 0.25) is 0 Å². The molecule has 0 fully saturated rings. The summed E-state index contributed by atoms with van der Waals surface area (Å²) in [6.45, 7) is 8.25. The number of rotatable bonds is 5. The van der Waals surface area contributed by atoms with Crippen LogP contribution in [0, 0.1) is 19.8 Å². The summed E-state index contributed by atoms with van der Waals surface area (Å²) in [4.78, 5) is 15.6. The number of hydrogen-bond acceptors (Lipinski definition) is 2. The van der Waals surface area contributed by atoms with Gasteiger partial charge in [-0.25, -0.2) is 0 Å². The van der Waals surface area contributed by atoms with Crippen molar-refractivity contribution < 1.29 is 9.90 Å². The fraction of sp³-hybridized carbons (Fsp3) is 0.471. The summed E-state index contributed by atoms with van der Waals surface area (Å²) in [5.74, 6) is 0.171. The quantitative estimate of drug-likeness (QED) is 0.792. The number of benzene rings is 1. The highest BCUT2D eigenvalue weighted by atomic mass is 16.3. The topological polar surface area (TPSA) is 65.1 Å². The average Bonchev–Trinajstić information content (AvgIpc) is 2.82. The van der Waals surface area contributed by atoms with Crippen molar-refractivity contribution in [3.8, 4) is 0 Å². The highest BCUT2D eigenvalue weighted by molar-refractivity contribution is 5.99. The van der Waals surface area contributed by atoms with E-state index < -0.39 is 0 Å². The Morgan fingerprint density at radius 3 is 2.62 bits per heavy atom. The maximum Gasteiger partial charge on any atom is 0.267 e. The lowest BCUT2D eigenvalue weighted by molar-refractivity contribution is 0.0912. The smallest absolute Gasteiger partial charge is 0.267 e. The van der Waals surface area contributed by atoms with Crippen LogP contribution in [0.5, 0.6) is 0 Å². The monoisotopic (exact) mass is 288 g/mol. The maximum atomic E-state index is 12.4. The molecule has 0 radical (unpaired) electrons. The van der Waals surface area contributed by atoms with Crippen molar-refractivity contribution in [2.75, 3.05) is 6.61 Å². The van der Waals surface area contributed by atoms with E-state index in [0.29, 0.717) is 12.1 Å².